The van der Waals surface area contributed by atoms with Gasteiger partial charge in [0.1, 0.15) is 0 Å². The second-order valence-electron chi connectivity index (χ2n) is 9.26. The van der Waals surface area contributed by atoms with Crippen LogP contribution < -0.4 is 0 Å². The zero-order valence-electron chi connectivity index (χ0n) is 20.9. The molecule has 0 aromatic carbocycles. The van der Waals surface area contributed by atoms with Crippen LogP contribution in [-0.2, 0) is 42.1 Å². The number of hydrogen-bond acceptors (Lipinski definition) is 9. The Hall–Kier alpha value is -1.48. The molecule has 3 atom stereocenters. The first-order valence-electron chi connectivity index (χ1n) is 10.5. The van der Waals surface area contributed by atoms with E-state index in [2.05, 4.69) is 20.8 Å². The zero-order valence-corrected chi connectivity index (χ0v) is 22.8. The van der Waals surface area contributed by atoms with Gasteiger partial charge in [-0.05, 0) is 38.1 Å². The fraction of sp³-hybridized carbons (Fsp3) is 0.762. The van der Waals surface area contributed by atoms with E-state index in [1.807, 2.05) is 13.1 Å². The van der Waals surface area contributed by atoms with Crippen molar-refractivity contribution in [2.24, 2.45) is 0 Å². The summed E-state index contributed by atoms with van der Waals surface area (Å²) < 4.78 is 41.4. The highest BCUT2D eigenvalue weighted by atomic mass is 31.2. The summed E-state index contributed by atoms with van der Waals surface area (Å²) in [6.45, 7) is 17.0. The molecule has 0 rings (SSSR count). The van der Waals surface area contributed by atoms with Gasteiger partial charge < -0.3 is 23.2 Å². The summed E-state index contributed by atoms with van der Waals surface area (Å²) in [7, 11) is -6.07. The predicted molar refractivity (Wildman–Crippen MR) is 124 cm³/mol. The molecule has 0 aromatic heterocycles. The number of ether oxygens (including phenoxy) is 3. The van der Waals surface area contributed by atoms with Crippen molar-refractivity contribution in [1.82, 2.24) is 0 Å². The number of rotatable bonds is 12. The molecule has 0 saturated carbocycles. The number of carbonyl (C=O) groups is 3. The third-order valence-corrected chi connectivity index (χ3v) is 12.0. The molecule has 0 saturated heterocycles. The van der Waals surface area contributed by atoms with Crippen LogP contribution in [0, 0.1) is 0 Å². The van der Waals surface area contributed by atoms with Crippen LogP contribution in [0.4, 0.5) is 0 Å². The summed E-state index contributed by atoms with van der Waals surface area (Å²) in [5, 5.41) is -0.129. The first kappa shape index (κ1) is 30.5. The van der Waals surface area contributed by atoms with Crippen LogP contribution in [0.5, 0.6) is 0 Å². The van der Waals surface area contributed by atoms with Gasteiger partial charge >= 0.3 is 17.9 Å². The normalized spacial score (nSPS) is 16.3. The first-order valence-corrected chi connectivity index (χ1v) is 15.3. The Morgan fingerprint density at radius 2 is 1.50 bits per heavy atom. The lowest BCUT2D eigenvalue weighted by Crippen LogP contribution is -2.46. The molecule has 0 aliphatic carbocycles. The molecular formula is C21H39O9PSi. The van der Waals surface area contributed by atoms with Crippen LogP contribution in [-0.4, -0.2) is 57.0 Å². The maximum absolute atomic E-state index is 13.9. The van der Waals surface area contributed by atoms with Crippen molar-refractivity contribution in [2.45, 2.75) is 91.6 Å². The Kier molecular flexibility index (Phi) is 12.1. The van der Waals surface area contributed by atoms with E-state index < -0.39 is 51.6 Å². The maximum atomic E-state index is 13.9. The first-order chi connectivity index (χ1) is 14.4. The van der Waals surface area contributed by atoms with Crippen LogP contribution in [0.2, 0.25) is 18.1 Å². The number of esters is 3. The molecule has 1 unspecified atom stereocenters. The number of allylic oxidation sites excluding steroid dienone is 1. The Labute approximate surface area is 192 Å². The maximum Gasteiger partial charge on any atom is 0.307 e. The standard InChI is InChI=1S/C21H39O9PSi/c1-15(2)30-31(25,13-11-12-26-16(3)22)20(29-18(5)24)19(28-17(4)23)14-27-32(9,10)21(6,7)8/h11-12,15,19-20H,13-14H2,1-10H3/b12-11+/t19-,20-,31?/m0/s1. The third-order valence-electron chi connectivity index (χ3n) is 4.80. The zero-order chi connectivity index (χ0) is 25.3. The molecule has 0 spiro atoms. The van der Waals surface area contributed by atoms with Crippen molar-refractivity contribution >= 4 is 33.6 Å². The molecule has 0 aliphatic rings. The second-order valence-corrected chi connectivity index (χ2v) is 16.6. The Morgan fingerprint density at radius 1 is 0.969 bits per heavy atom. The van der Waals surface area contributed by atoms with E-state index in [1.54, 1.807) is 13.8 Å². The van der Waals surface area contributed by atoms with Crippen LogP contribution in [0.25, 0.3) is 0 Å². The molecule has 0 aliphatic heterocycles. The minimum Gasteiger partial charge on any atom is -0.456 e. The minimum absolute atomic E-state index is 0.118. The fourth-order valence-corrected chi connectivity index (χ4v) is 5.86. The van der Waals surface area contributed by atoms with E-state index >= 15 is 0 Å². The molecule has 0 bridgehead atoms. The summed E-state index contributed by atoms with van der Waals surface area (Å²) in [6, 6.07) is 0. The molecule has 11 heteroatoms. The molecule has 0 aromatic rings. The van der Waals surface area contributed by atoms with Crippen molar-refractivity contribution in [1.29, 1.82) is 0 Å². The molecule has 0 radical (unpaired) electrons. The van der Waals surface area contributed by atoms with E-state index in [1.165, 1.54) is 26.8 Å². The lowest BCUT2D eigenvalue weighted by molar-refractivity contribution is -0.162. The summed E-state index contributed by atoms with van der Waals surface area (Å²) in [5.74, 6) is -3.30. The third kappa shape index (κ3) is 10.9. The smallest absolute Gasteiger partial charge is 0.307 e. The summed E-state index contributed by atoms with van der Waals surface area (Å²) in [6.07, 6.45) is 0.586. The van der Waals surface area contributed by atoms with Gasteiger partial charge in [0, 0.05) is 26.9 Å². The molecule has 32 heavy (non-hydrogen) atoms. The monoisotopic (exact) mass is 494 g/mol. The highest BCUT2D eigenvalue weighted by Gasteiger charge is 2.46. The molecule has 186 valence electrons. The predicted octanol–water partition coefficient (Wildman–Crippen LogP) is 4.61. The highest BCUT2D eigenvalue weighted by molar-refractivity contribution is 7.59. The minimum atomic E-state index is -3.80. The Balaban J connectivity index is 6.16. The van der Waals surface area contributed by atoms with Crippen LogP contribution >= 0.6 is 7.37 Å². The van der Waals surface area contributed by atoms with E-state index in [0.29, 0.717) is 0 Å². The topological polar surface area (TPSA) is 114 Å². The Bertz CT molecular complexity index is 725. The fourth-order valence-electron chi connectivity index (χ4n) is 2.37. The van der Waals surface area contributed by atoms with E-state index in [4.69, 9.17) is 23.2 Å². The lowest BCUT2D eigenvalue weighted by Gasteiger charge is -2.39. The van der Waals surface area contributed by atoms with Gasteiger partial charge in [0.25, 0.3) is 0 Å². The number of hydrogen-bond donors (Lipinski definition) is 0. The summed E-state index contributed by atoms with van der Waals surface area (Å²) in [5.41, 5.74) is 0. The average Bonchev–Trinajstić information content (AvgIpc) is 2.58. The molecule has 0 heterocycles. The average molecular weight is 495 g/mol. The van der Waals surface area contributed by atoms with Crippen LogP contribution in [0.3, 0.4) is 0 Å². The SMILES string of the molecule is CC(=O)O/C=C/CP(=O)(OC(C)C)[C@H](OC(C)=O)[C@H](CO[Si](C)(C)C(C)(C)C)OC(C)=O. The van der Waals surface area contributed by atoms with Gasteiger partial charge in [0.05, 0.1) is 19.0 Å². The van der Waals surface area contributed by atoms with Crippen molar-refractivity contribution in [3.05, 3.63) is 12.3 Å². The Morgan fingerprint density at radius 3 is 1.91 bits per heavy atom. The van der Waals surface area contributed by atoms with E-state index in [9.17, 15) is 18.9 Å². The van der Waals surface area contributed by atoms with Crippen molar-refractivity contribution in [3.8, 4) is 0 Å². The van der Waals surface area contributed by atoms with Crippen LogP contribution in [0.15, 0.2) is 12.3 Å². The van der Waals surface area contributed by atoms with E-state index in [-0.39, 0.29) is 17.8 Å². The highest BCUT2D eigenvalue weighted by Crippen LogP contribution is 2.55. The summed E-state index contributed by atoms with van der Waals surface area (Å²) >= 11 is 0. The van der Waals surface area contributed by atoms with Gasteiger partial charge in [-0.3, -0.25) is 18.9 Å². The van der Waals surface area contributed by atoms with Crippen molar-refractivity contribution in [2.75, 3.05) is 12.8 Å². The number of carbonyl (C=O) groups excluding carboxylic acids is 3. The largest absolute Gasteiger partial charge is 0.456 e. The van der Waals surface area contributed by atoms with Gasteiger partial charge in [0.15, 0.2) is 14.4 Å². The molecule has 0 amide bonds. The van der Waals surface area contributed by atoms with Gasteiger partial charge in [-0.25, -0.2) is 0 Å². The molecular weight excluding hydrogens is 455 g/mol. The van der Waals surface area contributed by atoms with E-state index in [0.717, 1.165) is 6.26 Å². The molecule has 9 nitrogen and oxygen atoms in total. The van der Waals surface area contributed by atoms with Gasteiger partial charge in [-0.2, -0.15) is 0 Å². The van der Waals surface area contributed by atoms with Crippen molar-refractivity contribution < 1.29 is 42.1 Å². The molecule has 0 N–H and O–H groups in total. The quantitative estimate of drug-likeness (QED) is 0.126. The van der Waals surface area contributed by atoms with Gasteiger partial charge in [0.2, 0.25) is 13.2 Å². The van der Waals surface area contributed by atoms with Gasteiger partial charge in [-0.1, -0.05) is 20.8 Å². The summed E-state index contributed by atoms with van der Waals surface area (Å²) in [4.78, 5) is 34.7. The lowest BCUT2D eigenvalue weighted by atomic mass is 10.2. The molecule has 0 fully saturated rings. The van der Waals surface area contributed by atoms with Crippen LogP contribution in [0.1, 0.15) is 55.4 Å². The van der Waals surface area contributed by atoms with Gasteiger partial charge in [-0.15, -0.1) is 0 Å². The second kappa shape index (κ2) is 12.7. The van der Waals surface area contributed by atoms with Crippen molar-refractivity contribution in [3.63, 3.8) is 0 Å².